The maximum atomic E-state index is 13.6. The second-order valence-electron chi connectivity index (χ2n) is 9.14. The summed E-state index contributed by atoms with van der Waals surface area (Å²) in [6.07, 6.45) is 2.74. The normalized spacial score (nSPS) is 11.8. The Labute approximate surface area is 196 Å². The van der Waals surface area contributed by atoms with Gasteiger partial charge in [-0.2, -0.15) is 5.10 Å². The molecule has 1 aromatic heterocycles. The van der Waals surface area contributed by atoms with E-state index in [0.717, 1.165) is 5.56 Å². The first-order valence-corrected chi connectivity index (χ1v) is 12.9. The fraction of sp³-hybridized carbons (Fsp3) is 0.385. The standard InChI is InChI=1S/C26H32N2O4S/c1-16(2)14-28-26(32-15-21-10-8-17(3)9-11-21)23(13-27-28)24(29)22-12-18(4)25(33(7,30)31)20(6)19(22)5/h8-13,16H,14-15H2,1-7H3. The molecule has 33 heavy (non-hydrogen) atoms. The van der Waals surface area contributed by atoms with Crippen molar-refractivity contribution in [3.63, 3.8) is 0 Å². The molecular weight excluding hydrogens is 436 g/mol. The van der Waals surface area contributed by atoms with Gasteiger partial charge >= 0.3 is 0 Å². The van der Waals surface area contributed by atoms with E-state index in [-0.39, 0.29) is 10.7 Å². The minimum absolute atomic E-state index is 0.229. The summed E-state index contributed by atoms with van der Waals surface area (Å²) in [5, 5.41) is 4.44. The summed E-state index contributed by atoms with van der Waals surface area (Å²) < 4.78 is 32.4. The van der Waals surface area contributed by atoms with Gasteiger partial charge < -0.3 is 4.74 Å². The van der Waals surface area contributed by atoms with Gasteiger partial charge in [0.05, 0.1) is 11.1 Å². The zero-order valence-corrected chi connectivity index (χ0v) is 21.2. The minimum atomic E-state index is -3.41. The molecule has 3 aromatic rings. The van der Waals surface area contributed by atoms with Crippen molar-refractivity contribution in [3.05, 3.63) is 75.5 Å². The van der Waals surface area contributed by atoms with Crippen LogP contribution < -0.4 is 4.74 Å². The van der Waals surface area contributed by atoms with Gasteiger partial charge in [0.2, 0.25) is 5.88 Å². The molecule has 0 atom stereocenters. The lowest BCUT2D eigenvalue weighted by atomic mass is 9.95. The molecule has 0 aliphatic heterocycles. The highest BCUT2D eigenvalue weighted by Gasteiger charge is 2.26. The van der Waals surface area contributed by atoms with Crippen molar-refractivity contribution >= 4 is 15.6 Å². The number of aryl methyl sites for hydroxylation is 2. The van der Waals surface area contributed by atoms with Crippen molar-refractivity contribution in [2.45, 2.75) is 59.6 Å². The van der Waals surface area contributed by atoms with E-state index in [1.807, 2.05) is 31.2 Å². The predicted octanol–water partition coefficient (Wildman–Crippen LogP) is 4.99. The first-order valence-electron chi connectivity index (χ1n) is 11.0. The fourth-order valence-electron chi connectivity index (χ4n) is 4.00. The van der Waals surface area contributed by atoms with Crippen LogP contribution >= 0.6 is 0 Å². The predicted molar refractivity (Wildman–Crippen MR) is 130 cm³/mol. The Hall–Kier alpha value is -2.93. The molecule has 0 saturated heterocycles. The lowest BCUT2D eigenvalue weighted by molar-refractivity contribution is 0.103. The van der Waals surface area contributed by atoms with Crippen LogP contribution in [0.3, 0.4) is 0 Å². The number of sulfone groups is 1. The number of carbonyl (C=O) groups is 1. The Kier molecular flexibility index (Phi) is 7.12. The van der Waals surface area contributed by atoms with Crippen LogP contribution in [0.4, 0.5) is 0 Å². The first-order chi connectivity index (χ1) is 15.4. The van der Waals surface area contributed by atoms with Crippen LogP contribution in [0.25, 0.3) is 0 Å². The molecule has 0 N–H and O–H groups in total. The quantitative estimate of drug-likeness (QED) is 0.436. The maximum absolute atomic E-state index is 13.6. The van der Waals surface area contributed by atoms with E-state index in [1.165, 1.54) is 11.8 Å². The average molecular weight is 469 g/mol. The summed E-state index contributed by atoms with van der Waals surface area (Å²) in [5.74, 6) is 0.513. The van der Waals surface area contributed by atoms with Gasteiger partial charge in [0.1, 0.15) is 12.2 Å². The smallest absolute Gasteiger partial charge is 0.223 e. The van der Waals surface area contributed by atoms with Gasteiger partial charge in [-0.25, -0.2) is 13.1 Å². The Morgan fingerprint density at radius 1 is 1.03 bits per heavy atom. The molecule has 0 fully saturated rings. The number of nitrogens with zero attached hydrogens (tertiary/aromatic N) is 2. The van der Waals surface area contributed by atoms with Crippen molar-refractivity contribution in [2.75, 3.05) is 6.26 Å². The van der Waals surface area contributed by atoms with Crippen LogP contribution in [0.1, 0.15) is 57.6 Å². The van der Waals surface area contributed by atoms with E-state index in [9.17, 15) is 13.2 Å². The van der Waals surface area contributed by atoms with Gasteiger partial charge in [-0.1, -0.05) is 43.7 Å². The zero-order valence-electron chi connectivity index (χ0n) is 20.4. The lowest BCUT2D eigenvalue weighted by Crippen LogP contribution is -2.13. The Morgan fingerprint density at radius 2 is 1.67 bits per heavy atom. The third kappa shape index (κ3) is 5.36. The van der Waals surface area contributed by atoms with E-state index >= 15 is 0 Å². The number of aromatic nitrogens is 2. The van der Waals surface area contributed by atoms with E-state index in [4.69, 9.17) is 4.74 Å². The second kappa shape index (κ2) is 9.51. The van der Waals surface area contributed by atoms with Gasteiger partial charge in [-0.15, -0.1) is 0 Å². The van der Waals surface area contributed by atoms with Crippen molar-refractivity contribution in [2.24, 2.45) is 5.92 Å². The summed E-state index contributed by atoms with van der Waals surface area (Å²) in [7, 11) is -3.41. The molecule has 176 valence electrons. The maximum Gasteiger partial charge on any atom is 0.223 e. The Morgan fingerprint density at radius 3 is 2.24 bits per heavy atom. The fourth-order valence-corrected chi connectivity index (χ4v) is 5.36. The summed E-state index contributed by atoms with van der Waals surface area (Å²) in [5.41, 5.74) is 4.79. The molecule has 0 radical (unpaired) electrons. The second-order valence-corrected chi connectivity index (χ2v) is 11.1. The molecule has 0 bridgehead atoms. The molecule has 3 rings (SSSR count). The highest BCUT2D eigenvalue weighted by molar-refractivity contribution is 7.90. The third-order valence-electron chi connectivity index (χ3n) is 5.71. The van der Waals surface area contributed by atoms with Crippen molar-refractivity contribution < 1.29 is 17.9 Å². The summed E-state index contributed by atoms with van der Waals surface area (Å²) in [6.45, 7) is 12.3. The van der Waals surface area contributed by atoms with Crippen LogP contribution in [-0.2, 0) is 23.0 Å². The van der Waals surface area contributed by atoms with Crippen molar-refractivity contribution in [1.29, 1.82) is 0 Å². The van der Waals surface area contributed by atoms with Gasteiger partial charge in [0.25, 0.3) is 0 Å². The Bertz CT molecular complexity index is 1290. The van der Waals surface area contributed by atoms with Crippen LogP contribution in [-0.4, -0.2) is 30.2 Å². The van der Waals surface area contributed by atoms with Gasteiger partial charge in [-0.3, -0.25) is 4.79 Å². The van der Waals surface area contributed by atoms with Crippen LogP contribution in [0, 0.1) is 33.6 Å². The number of ketones is 1. The number of hydrogen-bond donors (Lipinski definition) is 0. The third-order valence-corrected chi connectivity index (χ3v) is 7.08. The van der Waals surface area contributed by atoms with Crippen molar-refractivity contribution in [3.8, 4) is 5.88 Å². The van der Waals surface area contributed by atoms with Crippen LogP contribution in [0.5, 0.6) is 5.88 Å². The Balaban J connectivity index is 2.04. The average Bonchev–Trinajstić information content (AvgIpc) is 3.10. The zero-order chi connectivity index (χ0) is 24.5. The van der Waals surface area contributed by atoms with E-state index < -0.39 is 9.84 Å². The van der Waals surface area contributed by atoms with Gasteiger partial charge in [0, 0.05) is 18.4 Å². The number of carbonyl (C=O) groups excluding carboxylic acids is 1. The van der Waals surface area contributed by atoms with E-state index in [0.29, 0.717) is 52.8 Å². The molecule has 0 saturated carbocycles. The SMILES string of the molecule is Cc1ccc(COc2c(C(=O)c3cc(C)c(S(C)(=O)=O)c(C)c3C)cnn2CC(C)C)cc1. The topological polar surface area (TPSA) is 78.3 Å². The highest BCUT2D eigenvalue weighted by atomic mass is 32.2. The molecule has 6 nitrogen and oxygen atoms in total. The molecular formula is C26H32N2O4S. The number of benzene rings is 2. The minimum Gasteiger partial charge on any atom is -0.472 e. The largest absolute Gasteiger partial charge is 0.472 e. The molecule has 0 spiro atoms. The summed E-state index contributed by atoms with van der Waals surface area (Å²) in [6, 6.07) is 9.70. The summed E-state index contributed by atoms with van der Waals surface area (Å²) in [4.78, 5) is 13.9. The first kappa shape index (κ1) is 24.7. The highest BCUT2D eigenvalue weighted by Crippen LogP contribution is 2.30. The number of hydrogen-bond acceptors (Lipinski definition) is 5. The van der Waals surface area contributed by atoms with Gasteiger partial charge in [0.15, 0.2) is 15.6 Å². The molecule has 7 heteroatoms. The monoisotopic (exact) mass is 468 g/mol. The molecule has 0 aliphatic carbocycles. The number of rotatable bonds is 8. The molecule has 0 aliphatic rings. The summed E-state index contributed by atoms with van der Waals surface area (Å²) >= 11 is 0. The van der Waals surface area contributed by atoms with Crippen LogP contribution in [0.2, 0.25) is 0 Å². The molecule has 1 heterocycles. The molecule has 2 aromatic carbocycles. The lowest BCUT2D eigenvalue weighted by Gasteiger charge is -2.16. The van der Waals surface area contributed by atoms with Gasteiger partial charge in [-0.05, 0) is 61.9 Å². The molecule has 0 amide bonds. The molecule has 0 unspecified atom stereocenters. The van der Waals surface area contributed by atoms with E-state index in [2.05, 4.69) is 18.9 Å². The number of ether oxygens (including phenoxy) is 1. The van der Waals surface area contributed by atoms with E-state index in [1.54, 1.807) is 37.7 Å². The van der Waals surface area contributed by atoms with Crippen LogP contribution in [0.15, 0.2) is 41.4 Å². The van der Waals surface area contributed by atoms with Crippen molar-refractivity contribution in [1.82, 2.24) is 9.78 Å².